The molecule has 1 fully saturated rings. The van der Waals surface area contributed by atoms with Crippen LogP contribution >= 0.6 is 7.82 Å². The van der Waals surface area contributed by atoms with Crippen LogP contribution < -0.4 is 18.9 Å². The molecule has 3 rings (SSSR count). The van der Waals surface area contributed by atoms with Crippen molar-refractivity contribution in [3.8, 4) is 23.0 Å². The van der Waals surface area contributed by atoms with Crippen molar-refractivity contribution in [1.29, 1.82) is 0 Å². The smallest absolute Gasteiger partial charge is 0.469 e. The van der Waals surface area contributed by atoms with Crippen molar-refractivity contribution >= 4 is 23.4 Å². The summed E-state index contributed by atoms with van der Waals surface area (Å²) in [5.74, 6) is 0.325. The summed E-state index contributed by atoms with van der Waals surface area (Å²) in [4.78, 5) is 29.8. The van der Waals surface area contributed by atoms with Gasteiger partial charge in [0.2, 0.25) is 5.75 Å². The Kier molecular flexibility index (Phi) is 11.8. The van der Waals surface area contributed by atoms with Gasteiger partial charge in [-0.15, -0.1) is 0 Å². The fourth-order valence-corrected chi connectivity index (χ4v) is 6.71. The maximum Gasteiger partial charge on any atom is 0.469 e. The second-order valence-corrected chi connectivity index (χ2v) is 13.1. The van der Waals surface area contributed by atoms with E-state index in [9.17, 15) is 17.8 Å². The van der Waals surface area contributed by atoms with Crippen molar-refractivity contribution in [1.82, 2.24) is 0 Å². The zero-order valence-electron chi connectivity index (χ0n) is 24.5. The van der Waals surface area contributed by atoms with Crippen LogP contribution in [0.5, 0.6) is 23.0 Å². The second-order valence-electron chi connectivity index (χ2n) is 9.89. The molecule has 0 saturated carbocycles. The number of phosphoric ester groups is 1. The van der Waals surface area contributed by atoms with Crippen LogP contribution in [0.15, 0.2) is 29.2 Å². The molecule has 1 saturated heterocycles. The lowest BCUT2D eigenvalue weighted by molar-refractivity contribution is -0.114. The van der Waals surface area contributed by atoms with E-state index in [4.69, 9.17) is 33.5 Å². The molecule has 0 aromatic heterocycles. The first kappa shape index (κ1) is 33.8. The molecule has 0 unspecified atom stereocenters. The van der Waals surface area contributed by atoms with E-state index in [1.54, 1.807) is 6.07 Å². The Morgan fingerprint density at radius 1 is 0.952 bits per heavy atom. The van der Waals surface area contributed by atoms with Crippen LogP contribution in [-0.4, -0.2) is 64.3 Å². The number of benzene rings is 2. The Morgan fingerprint density at radius 2 is 1.55 bits per heavy atom. The first-order valence-electron chi connectivity index (χ1n) is 13.5. The summed E-state index contributed by atoms with van der Waals surface area (Å²) in [6, 6.07) is 6.91. The SMILES string of the molecule is CCCOc1c(CCCOP(=O)(O)O)cc([C@@H]2CC[C@@H](c3cc(OC)c(OC)c(OC)c3)O2)cc1S(=O)(=O)CC(C)=O. The molecule has 0 spiro atoms. The lowest BCUT2D eigenvalue weighted by Crippen LogP contribution is -2.17. The lowest BCUT2D eigenvalue weighted by Gasteiger charge is -2.21. The fraction of sp³-hybridized carbons (Fsp3) is 0.536. The minimum Gasteiger partial charge on any atom is -0.493 e. The van der Waals surface area contributed by atoms with Gasteiger partial charge in [0.15, 0.2) is 21.3 Å². The molecule has 1 heterocycles. The highest BCUT2D eigenvalue weighted by Gasteiger charge is 2.33. The van der Waals surface area contributed by atoms with E-state index in [0.29, 0.717) is 47.6 Å². The first-order valence-corrected chi connectivity index (χ1v) is 16.7. The number of phosphoric acid groups is 1. The van der Waals surface area contributed by atoms with Crippen LogP contribution in [0.2, 0.25) is 0 Å². The highest BCUT2D eigenvalue weighted by atomic mass is 32.2. The van der Waals surface area contributed by atoms with Gasteiger partial charge >= 0.3 is 7.82 Å². The Labute approximate surface area is 246 Å². The van der Waals surface area contributed by atoms with Gasteiger partial charge in [-0.3, -0.25) is 9.32 Å². The second kappa shape index (κ2) is 14.7. The van der Waals surface area contributed by atoms with Gasteiger partial charge in [-0.05, 0) is 80.0 Å². The van der Waals surface area contributed by atoms with Crippen molar-refractivity contribution in [3.05, 3.63) is 41.0 Å². The van der Waals surface area contributed by atoms with E-state index in [0.717, 1.165) is 5.56 Å². The number of hydrogen-bond acceptors (Lipinski definition) is 10. The molecule has 2 aromatic carbocycles. The minimum absolute atomic E-state index is 0.116. The number of rotatable bonds is 16. The summed E-state index contributed by atoms with van der Waals surface area (Å²) in [6.45, 7) is 3.06. The average molecular weight is 631 g/mol. The van der Waals surface area contributed by atoms with Gasteiger partial charge < -0.3 is 33.5 Å². The van der Waals surface area contributed by atoms with Gasteiger partial charge in [0.25, 0.3) is 0 Å². The predicted octanol–water partition coefficient (Wildman–Crippen LogP) is 4.50. The van der Waals surface area contributed by atoms with E-state index in [2.05, 4.69) is 4.52 Å². The molecule has 14 heteroatoms. The quantitative estimate of drug-likeness (QED) is 0.197. The number of methoxy groups -OCH3 is 3. The maximum atomic E-state index is 13.4. The molecule has 0 amide bonds. The third-order valence-corrected chi connectivity index (χ3v) is 8.91. The summed E-state index contributed by atoms with van der Waals surface area (Å²) in [6.07, 6.45) is 1.36. The van der Waals surface area contributed by atoms with E-state index in [1.807, 2.05) is 19.1 Å². The molecule has 12 nitrogen and oxygen atoms in total. The summed E-state index contributed by atoms with van der Waals surface area (Å²) >= 11 is 0. The number of Topliss-reactive ketones (excluding diaryl/α,β-unsaturated/α-hetero) is 1. The van der Waals surface area contributed by atoms with Crippen LogP contribution in [-0.2, 0) is 34.9 Å². The normalized spacial score (nSPS) is 17.2. The van der Waals surface area contributed by atoms with Crippen LogP contribution in [0.3, 0.4) is 0 Å². The van der Waals surface area contributed by atoms with Crippen LogP contribution in [0.25, 0.3) is 0 Å². The molecule has 234 valence electrons. The minimum atomic E-state index is -4.66. The number of aryl methyl sites for hydroxylation is 1. The van der Waals surface area contributed by atoms with Crippen molar-refractivity contribution in [2.24, 2.45) is 0 Å². The van der Waals surface area contributed by atoms with Gasteiger partial charge in [-0.25, -0.2) is 13.0 Å². The molecule has 0 radical (unpaired) electrons. The molecular weight excluding hydrogens is 591 g/mol. The molecule has 1 aliphatic heterocycles. The molecule has 1 aliphatic rings. The summed E-state index contributed by atoms with van der Waals surface area (Å²) in [5.41, 5.74) is 1.90. The van der Waals surface area contributed by atoms with Crippen molar-refractivity contribution < 1.29 is 55.8 Å². The lowest BCUT2D eigenvalue weighted by atomic mass is 9.99. The molecule has 2 N–H and O–H groups in total. The zero-order chi connectivity index (χ0) is 31.1. The molecule has 0 bridgehead atoms. The van der Waals surface area contributed by atoms with Crippen LogP contribution in [0.1, 0.15) is 68.4 Å². The molecule has 42 heavy (non-hydrogen) atoms. The van der Waals surface area contributed by atoms with Crippen molar-refractivity contribution in [2.45, 2.75) is 63.1 Å². The Bertz CT molecular complexity index is 1380. The third-order valence-electron chi connectivity index (χ3n) is 6.63. The van der Waals surface area contributed by atoms with E-state index >= 15 is 0 Å². The molecular formula is C28H39O12PS. The third kappa shape index (κ3) is 8.68. The van der Waals surface area contributed by atoms with E-state index in [1.165, 1.54) is 34.3 Å². The van der Waals surface area contributed by atoms with E-state index in [-0.39, 0.29) is 42.8 Å². The van der Waals surface area contributed by atoms with Gasteiger partial charge in [-0.1, -0.05) is 6.92 Å². The van der Waals surface area contributed by atoms with Gasteiger partial charge in [0, 0.05) is 0 Å². The number of ether oxygens (including phenoxy) is 5. The average Bonchev–Trinajstić information content (AvgIpc) is 3.42. The van der Waals surface area contributed by atoms with Gasteiger partial charge in [0.05, 0.1) is 46.8 Å². The number of hydrogen-bond donors (Lipinski definition) is 2. The standard InChI is InChI=1S/C28H39O12PS/c1-6-11-38-27-19(8-7-12-39-41(30,31)32)13-20(16-26(27)42(33,34)17-18(2)29)22-9-10-23(40-22)21-14-24(35-3)28(37-5)25(15-21)36-4/h13-16,22-23H,6-12,17H2,1-5H3,(H2,30,31,32)/t22-,23-/m0/s1. The summed E-state index contributed by atoms with van der Waals surface area (Å²) in [7, 11) is -4.17. The molecule has 2 atom stereocenters. The monoisotopic (exact) mass is 630 g/mol. The largest absolute Gasteiger partial charge is 0.493 e. The van der Waals surface area contributed by atoms with Crippen molar-refractivity contribution in [3.63, 3.8) is 0 Å². The Balaban J connectivity index is 2.02. The Morgan fingerprint density at radius 3 is 2.05 bits per heavy atom. The number of carbonyl (C=O) groups is 1. The molecule has 2 aromatic rings. The van der Waals surface area contributed by atoms with E-state index < -0.39 is 35.3 Å². The van der Waals surface area contributed by atoms with Crippen LogP contribution in [0.4, 0.5) is 0 Å². The fourth-order valence-electron chi connectivity index (χ4n) is 4.86. The van der Waals surface area contributed by atoms with Gasteiger partial charge in [-0.2, -0.15) is 0 Å². The predicted molar refractivity (Wildman–Crippen MR) is 153 cm³/mol. The summed E-state index contributed by atoms with van der Waals surface area (Å²) in [5, 5.41) is 0. The highest BCUT2D eigenvalue weighted by Crippen LogP contribution is 2.47. The summed E-state index contributed by atoms with van der Waals surface area (Å²) < 4.78 is 71.2. The van der Waals surface area contributed by atoms with Gasteiger partial charge in [0.1, 0.15) is 22.2 Å². The van der Waals surface area contributed by atoms with Crippen molar-refractivity contribution in [2.75, 3.05) is 40.3 Å². The molecule has 0 aliphatic carbocycles. The highest BCUT2D eigenvalue weighted by molar-refractivity contribution is 7.92. The number of carbonyl (C=O) groups excluding carboxylic acids is 1. The maximum absolute atomic E-state index is 13.4. The zero-order valence-corrected chi connectivity index (χ0v) is 26.2. The van der Waals surface area contributed by atoms with Crippen LogP contribution in [0, 0.1) is 0 Å². The Hall–Kier alpha value is -2.67. The topological polar surface area (TPSA) is 164 Å². The first-order chi connectivity index (χ1) is 19.8. The number of sulfone groups is 1. The number of ketones is 1.